The van der Waals surface area contributed by atoms with Crippen LogP contribution in [-0.2, 0) is 9.53 Å². The Kier molecular flexibility index (Phi) is 7.68. The maximum absolute atomic E-state index is 11.8. The Balaban J connectivity index is 2.84. The maximum Gasteiger partial charge on any atom is 0.306 e. The normalized spacial score (nSPS) is 32.9. The molecule has 0 aliphatic carbocycles. The van der Waals surface area contributed by atoms with Crippen LogP contribution < -0.4 is 0 Å². The molecule has 3 nitrogen and oxygen atoms in total. The molecule has 1 N–H and O–H groups in total. The highest BCUT2D eigenvalue weighted by molar-refractivity contribution is 14.1. The van der Waals surface area contributed by atoms with Crippen molar-refractivity contribution in [2.24, 2.45) is 5.92 Å². The summed E-state index contributed by atoms with van der Waals surface area (Å²) in [5.74, 6) is -0.0481. The van der Waals surface area contributed by atoms with E-state index in [1.165, 1.54) is 0 Å². The van der Waals surface area contributed by atoms with Crippen LogP contribution in [0.2, 0.25) is 0 Å². The summed E-state index contributed by atoms with van der Waals surface area (Å²) in [6.45, 7) is 3.98. The molecule has 0 amide bonds. The summed E-state index contributed by atoms with van der Waals surface area (Å²) in [5.41, 5.74) is 1.04. The number of hydrogen-bond acceptors (Lipinski definition) is 3. The van der Waals surface area contributed by atoms with E-state index in [1.807, 2.05) is 30.1 Å². The van der Waals surface area contributed by atoms with Gasteiger partial charge in [0, 0.05) is 12.3 Å². The van der Waals surface area contributed by atoms with E-state index in [0.717, 1.165) is 31.3 Å². The zero-order valence-corrected chi connectivity index (χ0v) is 13.8. The lowest BCUT2D eigenvalue weighted by Gasteiger charge is -2.23. The molecular formula is C15H23IO3. The number of rotatable bonds is 1. The number of carbonyl (C=O) groups is 1. The van der Waals surface area contributed by atoms with Crippen LogP contribution in [0.5, 0.6) is 0 Å². The largest absolute Gasteiger partial charge is 0.457 e. The summed E-state index contributed by atoms with van der Waals surface area (Å²) >= 11 is 2.16. The van der Waals surface area contributed by atoms with E-state index in [1.54, 1.807) is 0 Å². The lowest BCUT2D eigenvalue weighted by atomic mass is 9.97. The quantitative estimate of drug-likeness (QED) is 0.430. The molecule has 0 aromatic heterocycles. The Labute approximate surface area is 129 Å². The molecule has 0 saturated carbocycles. The minimum atomic E-state index is -0.387. The molecule has 0 bridgehead atoms. The van der Waals surface area contributed by atoms with Gasteiger partial charge in [0.1, 0.15) is 6.10 Å². The number of ether oxygens (including phenoxy) is 1. The molecule has 19 heavy (non-hydrogen) atoms. The van der Waals surface area contributed by atoms with Crippen molar-refractivity contribution in [3.05, 3.63) is 21.8 Å². The zero-order chi connectivity index (χ0) is 14.3. The van der Waals surface area contributed by atoms with E-state index in [0.29, 0.717) is 6.42 Å². The highest BCUT2D eigenvalue weighted by Gasteiger charge is 2.22. The predicted octanol–water partition coefficient (Wildman–Crippen LogP) is 3.75. The molecule has 0 unspecified atom stereocenters. The van der Waals surface area contributed by atoms with E-state index in [-0.39, 0.29) is 24.1 Å². The Morgan fingerprint density at radius 2 is 2.16 bits per heavy atom. The minimum Gasteiger partial charge on any atom is -0.457 e. The molecule has 1 aliphatic heterocycles. The van der Waals surface area contributed by atoms with Gasteiger partial charge in [-0.05, 0) is 29.4 Å². The van der Waals surface area contributed by atoms with Gasteiger partial charge in [-0.3, -0.25) is 4.79 Å². The van der Waals surface area contributed by atoms with Gasteiger partial charge < -0.3 is 9.84 Å². The summed E-state index contributed by atoms with van der Waals surface area (Å²) in [4.78, 5) is 11.8. The van der Waals surface area contributed by atoms with Gasteiger partial charge in [-0.2, -0.15) is 0 Å². The van der Waals surface area contributed by atoms with Gasteiger partial charge in [0.05, 0.1) is 6.10 Å². The molecule has 0 saturated heterocycles. The molecule has 0 radical (unpaired) electrons. The molecule has 3 atom stereocenters. The summed E-state index contributed by atoms with van der Waals surface area (Å²) < 4.78 is 7.53. The van der Waals surface area contributed by atoms with Gasteiger partial charge in [-0.25, -0.2) is 0 Å². The van der Waals surface area contributed by atoms with Crippen LogP contribution in [0.3, 0.4) is 0 Å². The first-order chi connectivity index (χ1) is 9.04. The number of aliphatic hydroxyl groups is 1. The van der Waals surface area contributed by atoms with Crippen LogP contribution in [0.1, 0.15) is 46.0 Å². The van der Waals surface area contributed by atoms with Gasteiger partial charge in [0.2, 0.25) is 0 Å². The Hall–Kier alpha value is -0.360. The van der Waals surface area contributed by atoms with Crippen molar-refractivity contribution < 1.29 is 14.6 Å². The number of carbonyl (C=O) groups excluding carboxylic acids is 1. The van der Waals surface area contributed by atoms with Crippen LogP contribution in [0.25, 0.3) is 0 Å². The summed E-state index contributed by atoms with van der Waals surface area (Å²) in [5, 5.41) is 9.83. The van der Waals surface area contributed by atoms with Gasteiger partial charge in [0.25, 0.3) is 0 Å². The van der Waals surface area contributed by atoms with Crippen molar-refractivity contribution >= 4 is 28.6 Å². The lowest BCUT2D eigenvalue weighted by molar-refractivity contribution is -0.148. The van der Waals surface area contributed by atoms with Crippen molar-refractivity contribution in [2.75, 3.05) is 0 Å². The standard InChI is InChI=1S/C15H23IO3/c1-11-8-9-13(17)6-4-3-5-7-14(18)19-15(11)12(2)10-16/h8-11,13,15,17H,3-7H2,1-2H3/b9-8+,12-10+/t11-,13+,15-/m0/s1. The number of esters is 1. The topological polar surface area (TPSA) is 46.5 Å². The number of aliphatic hydroxyl groups excluding tert-OH is 1. The summed E-state index contributed by atoms with van der Waals surface area (Å²) in [7, 11) is 0. The molecule has 1 heterocycles. The fourth-order valence-corrected chi connectivity index (χ4v) is 2.53. The first-order valence-electron chi connectivity index (χ1n) is 6.87. The van der Waals surface area contributed by atoms with E-state index in [9.17, 15) is 9.90 Å². The molecular weight excluding hydrogens is 355 g/mol. The van der Waals surface area contributed by atoms with Crippen molar-refractivity contribution in [2.45, 2.75) is 58.2 Å². The first-order valence-corrected chi connectivity index (χ1v) is 8.12. The van der Waals surface area contributed by atoms with Crippen molar-refractivity contribution in [1.82, 2.24) is 0 Å². The van der Waals surface area contributed by atoms with Gasteiger partial charge in [-0.15, -0.1) is 0 Å². The van der Waals surface area contributed by atoms with Crippen LogP contribution in [-0.4, -0.2) is 23.3 Å². The predicted molar refractivity (Wildman–Crippen MR) is 85.1 cm³/mol. The molecule has 108 valence electrons. The Morgan fingerprint density at radius 1 is 1.42 bits per heavy atom. The SMILES string of the molecule is C/C(=C\I)[C@H]1OC(=O)CCCCC[C@@H](O)/C=C/[C@@H]1C. The van der Waals surface area contributed by atoms with E-state index in [4.69, 9.17) is 4.74 Å². The third-order valence-electron chi connectivity index (χ3n) is 3.37. The van der Waals surface area contributed by atoms with Crippen LogP contribution in [0.4, 0.5) is 0 Å². The van der Waals surface area contributed by atoms with E-state index >= 15 is 0 Å². The van der Waals surface area contributed by atoms with Crippen molar-refractivity contribution in [3.63, 3.8) is 0 Å². The molecule has 1 rings (SSSR count). The van der Waals surface area contributed by atoms with Gasteiger partial charge >= 0.3 is 5.97 Å². The summed E-state index contributed by atoms with van der Waals surface area (Å²) in [6, 6.07) is 0. The second-order valence-corrected chi connectivity index (χ2v) is 5.80. The molecule has 4 heteroatoms. The molecule has 0 aromatic rings. The Morgan fingerprint density at radius 3 is 2.84 bits per heavy atom. The minimum absolute atomic E-state index is 0.0732. The fraction of sp³-hybridized carbons (Fsp3) is 0.667. The molecule has 0 fully saturated rings. The monoisotopic (exact) mass is 378 g/mol. The highest BCUT2D eigenvalue weighted by atomic mass is 127. The van der Waals surface area contributed by atoms with Crippen LogP contribution >= 0.6 is 22.6 Å². The second kappa shape index (κ2) is 8.74. The second-order valence-electron chi connectivity index (χ2n) is 5.17. The molecule has 0 spiro atoms. The average molecular weight is 378 g/mol. The third kappa shape index (κ3) is 6.08. The third-order valence-corrected chi connectivity index (χ3v) is 4.36. The van der Waals surface area contributed by atoms with E-state index < -0.39 is 0 Å². The number of cyclic esters (lactones) is 1. The fourth-order valence-electron chi connectivity index (χ4n) is 2.18. The van der Waals surface area contributed by atoms with Gasteiger partial charge in [0.15, 0.2) is 0 Å². The van der Waals surface area contributed by atoms with Crippen LogP contribution in [0, 0.1) is 5.92 Å². The molecule has 0 aromatic carbocycles. The van der Waals surface area contributed by atoms with E-state index in [2.05, 4.69) is 22.6 Å². The van der Waals surface area contributed by atoms with Crippen molar-refractivity contribution in [1.29, 1.82) is 0 Å². The lowest BCUT2D eigenvalue weighted by Crippen LogP contribution is -2.26. The number of hydrogen-bond donors (Lipinski definition) is 1. The first kappa shape index (κ1) is 16.7. The number of halogens is 1. The zero-order valence-electron chi connectivity index (χ0n) is 11.6. The van der Waals surface area contributed by atoms with Crippen LogP contribution in [0.15, 0.2) is 21.8 Å². The summed E-state index contributed by atoms with van der Waals surface area (Å²) in [6.07, 6.45) is 7.14. The smallest absolute Gasteiger partial charge is 0.306 e. The highest BCUT2D eigenvalue weighted by Crippen LogP contribution is 2.21. The molecule has 1 aliphatic rings. The average Bonchev–Trinajstić information content (AvgIpc) is 2.39. The Bertz CT molecular complexity index is 349. The maximum atomic E-state index is 11.8. The van der Waals surface area contributed by atoms with Gasteiger partial charge in [-0.1, -0.05) is 54.5 Å². The van der Waals surface area contributed by atoms with Crippen molar-refractivity contribution in [3.8, 4) is 0 Å².